The van der Waals surface area contributed by atoms with Crippen LogP contribution in [0, 0.1) is 0 Å². The minimum atomic E-state index is 0.512. The highest BCUT2D eigenvalue weighted by Crippen LogP contribution is 2.28. The number of pyridine rings is 1. The molecule has 0 saturated heterocycles. The number of rotatable bonds is 1. The predicted molar refractivity (Wildman–Crippen MR) is 57.5 cm³/mol. The van der Waals surface area contributed by atoms with Crippen molar-refractivity contribution in [3.63, 3.8) is 0 Å². The van der Waals surface area contributed by atoms with Crippen LogP contribution in [0.1, 0.15) is 0 Å². The van der Waals surface area contributed by atoms with Crippen molar-refractivity contribution in [2.24, 2.45) is 0 Å². The monoisotopic (exact) mass is 255 g/mol. The van der Waals surface area contributed by atoms with E-state index >= 15 is 0 Å². The van der Waals surface area contributed by atoms with E-state index in [0.717, 1.165) is 15.0 Å². The molecule has 0 fully saturated rings. The Morgan fingerprint density at radius 1 is 1.38 bits per heavy atom. The fourth-order valence-electron chi connectivity index (χ4n) is 0.978. The van der Waals surface area contributed by atoms with Crippen molar-refractivity contribution in [1.82, 2.24) is 9.97 Å². The lowest BCUT2D eigenvalue weighted by Gasteiger charge is -2.00. The summed E-state index contributed by atoms with van der Waals surface area (Å²) in [5.74, 6) is 0.512. The zero-order valence-corrected chi connectivity index (χ0v) is 8.97. The molecule has 2 N–H and O–H groups in total. The van der Waals surface area contributed by atoms with Crippen molar-refractivity contribution >= 4 is 33.1 Å². The lowest BCUT2D eigenvalue weighted by molar-refractivity contribution is 1.30. The van der Waals surface area contributed by atoms with Gasteiger partial charge in [-0.1, -0.05) is 0 Å². The van der Waals surface area contributed by atoms with Crippen molar-refractivity contribution in [2.45, 2.75) is 0 Å². The molecular weight excluding hydrogens is 250 g/mol. The molecule has 0 bridgehead atoms. The van der Waals surface area contributed by atoms with E-state index in [1.807, 2.05) is 11.4 Å². The van der Waals surface area contributed by atoms with E-state index in [0.29, 0.717) is 5.82 Å². The number of anilines is 1. The summed E-state index contributed by atoms with van der Waals surface area (Å²) >= 11 is 4.89. The van der Waals surface area contributed by atoms with Gasteiger partial charge in [-0.15, -0.1) is 11.3 Å². The topological polar surface area (TPSA) is 51.8 Å². The molecule has 0 aliphatic carbocycles. The van der Waals surface area contributed by atoms with Gasteiger partial charge in [0.2, 0.25) is 0 Å². The number of nitrogen functional groups attached to an aromatic ring is 1. The Morgan fingerprint density at radius 2 is 2.23 bits per heavy atom. The Labute approximate surface area is 87.8 Å². The first-order chi connectivity index (χ1) is 6.27. The van der Waals surface area contributed by atoms with Crippen molar-refractivity contribution in [3.8, 4) is 10.6 Å². The molecule has 2 heterocycles. The van der Waals surface area contributed by atoms with E-state index in [2.05, 4.69) is 25.9 Å². The number of aromatic nitrogens is 2. The number of halogens is 1. The summed E-state index contributed by atoms with van der Waals surface area (Å²) in [5, 5.41) is 2.81. The van der Waals surface area contributed by atoms with Crippen LogP contribution in [0.2, 0.25) is 0 Å². The molecule has 3 nitrogen and oxygen atoms in total. The first-order valence-electron chi connectivity index (χ1n) is 3.58. The molecule has 2 aromatic rings. The normalized spacial score (nSPS) is 10.2. The van der Waals surface area contributed by atoms with Crippen LogP contribution in [0.5, 0.6) is 0 Å². The average molecular weight is 256 g/mol. The summed E-state index contributed by atoms with van der Waals surface area (Å²) in [4.78, 5) is 8.20. The lowest BCUT2D eigenvalue weighted by Crippen LogP contribution is -1.93. The van der Waals surface area contributed by atoms with Gasteiger partial charge in [-0.25, -0.2) is 9.97 Å². The van der Waals surface area contributed by atoms with Gasteiger partial charge in [0.05, 0.1) is 5.56 Å². The highest BCUT2D eigenvalue weighted by Gasteiger charge is 2.06. The molecule has 0 saturated carbocycles. The number of hydrogen-bond donors (Lipinski definition) is 1. The van der Waals surface area contributed by atoms with E-state index in [9.17, 15) is 0 Å². The Morgan fingerprint density at radius 3 is 2.92 bits per heavy atom. The second-order valence-electron chi connectivity index (χ2n) is 2.42. The molecule has 0 aromatic carbocycles. The van der Waals surface area contributed by atoms with Crippen molar-refractivity contribution in [3.05, 3.63) is 28.3 Å². The lowest BCUT2D eigenvalue weighted by atomic mass is 10.3. The van der Waals surface area contributed by atoms with E-state index in [4.69, 9.17) is 5.73 Å². The van der Waals surface area contributed by atoms with Crippen LogP contribution in [-0.4, -0.2) is 9.97 Å². The maximum Gasteiger partial charge on any atom is 0.133 e. The van der Waals surface area contributed by atoms with Crippen molar-refractivity contribution < 1.29 is 0 Å². The van der Waals surface area contributed by atoms with Gasteiger partial charge < -0.3 is 5.73 Å². The Bertz CT molecular complexity index is 413. The van der Waals surface area contributed by atoms with Crippen LogP contribution in [0.15, 0.2) is 28.3 Å². The molecule has 0 amide bonds. The number of thiazole rings is 1. The van der Waals surface area contributed by atoms with Crippen LogP contribution in [0.25, 0.3) is 10.6 Å². The fraction of sp³-hybridized carbons (Fsp3) is 0. The minimum Gasteiger partial charge on any atom is -0.383 e. The van der Waals surface area contributed by atoms with Crippen molar-refractivity contribution in [2.75, 3.05) is 5.73 Å². The van der Waals surface area contributed by atoms with Crippen LogP contribution >= 0.6 is 27.3 Å². The Hall–Kier alpha value is -0.940. The molecule has 13 heavy (non-hydrogen) atoms. The molecule has 0 spiro atoms. The third-order valence-corrected chi connectivity index (χ3v) is 2.79. The molecule has 66 valence electrons. The molecule has 0 aliphatic rings. The summed E-state index contributed by atoms with van der Waals surface area (Å²) < 4.78 is 0.909. The molecule has 0 radical (unpaired) electrons. The first kappa shape index (κ1) is 8.65. The SMILES string of the molecule is Nc1ncc(Br)cc1-c1nccs1. The first-order valence-corrected chi connectivity index (χ1v) is 5.25. The zero-order chi connectivity index (χ0) is 9.26. The number of nitrogens with zero attached hydrogens (tertiary/aromatic N) is 2. The van der Waals surface area contributed by atoms with Gasteiger partial charge in [0, 0.05) is 22.2 Å². The smallest absolute Gasteiger partial charge is 0.133 e. The zero-order valence-electron chi connectivity index (χ0n) is 6.57. The Kier molecular flexibility index (Phi) is 2.28. The molecule has 0 aliphatic heterocycles. The van der Waals surface area contributed by atoms with Gasteiger partial charge in [-0.3, -0.25) is 0 Å². The highest BCUT2D eigenvalue weighted by atomic mass is 79.9. The Balaban J connectivity index is 2.57. The van der Waals surface area contributed by atoms with Crippen LogP contribution in [-0.2, 0) is 0 Å². The third-order valence-electron chi connectivity index (χ3n) is 1.55. The van der Waals surface area contributed by atoms with Crippen molar-refractivity contribution in [1.29, 1.82) is 0 Å². The molecule has 0 unspecified atom stereocenters. The van der Waals surface area contributed by atoms with Gasteiger partial charge in [0.1, 0.15) is 10.8 Å². The average Bonchev–Trinajstić information content (AvgIpc) is 2.61. The molecular formula is C8H6BrN3S. The van der Waals surface area contributed by atoms with E-state index in [1.165, 1.54) is 0 Å². The van der Waals surface area contributed by atoms with E-state index < -0.39 is 0 Å². The van der Waals surface area contributed by atoms with E-state index in [1.54, 1.807) is 23.7 Å². The summed E-state index contributed by atoms with van der Waals surface area (Å²) in [6.45, 7) is 0. The fourth-order valence-corrected chi connectivity index (χ4v) is 1.97. The summed E-state index contributed by atoms with van der Waals surface area (Å²) in [7, 11) is 0. The quantitative estimate of drug-likeness (QED) is 0.853. The van der Waals surface area contributed by atoms with Gasteiger partial charge >= 0.3 is 0 Å². The van der Waals surface area contributed by atoms with Crippen LogP contribution in [0.3, 0.4) is 0 Å². The molecule has 2 rings (SSSR count). The van der Waals surface area contributed by atoms with Gasteiger partial charge in [0.15, 0.2) is 0 Å². The van der Waals surface area contributed by atoms with Gasteiger partial charge in [0.25, 0.3) is 0 Å². The second kappa shape index (κ2) is 3.43. The summed E-state index contributed by atoms with van der Waals surface area (Å²) in [6.07, 6.45) is 3.42. The number of nitrogens with two attached hydrogens (primary N) is 1. The highest BCUT2D eigenvalue weighted by molar-refractivity contribution is 9.10. The maximum absolute atomic E-state index is 5.72. The van der Waals surface area contributed by atoms with Crippen LogP contribution < -0.4 is 5.73 Å². The largest absolute Gasteiger partial charge is 0.383 e. The molecule has 5 heteroatoms. The van der Waals surface area contributed by atoms with E-state index in [-0.39, 0.29) is 0 Å². The minimum absolute atomic E-state index is 0.512. The number of hydrogen-bond acceptors (Lipinski definition) is 4. The maximum atomic E-state index is 5.72. The third kappa shape index (κ3) is 1.71. The van der Waals surface area contributed by atoms with Gasteiger partial charge in [-0.05, 0) is 22.0 Å². The summed E-state index contributed by atoms with van der Waals surface area (Å²) in [6, 6.07) is 1.92. The summed E-state index contributed by atoms with van der Waals surface area (Å²) in [5.41, 5.74) is 6.59. The van der Waals surface area contributed by atoms with Gasteiger partial charge in [-0.2, -0.15) is 0 Å². The second-order valence-corrected chi connectivity index (χ2v) is 4.23. The van der Waals surface area contributed by atoms with Crippen LogP contribution in [0.4, 0.5) is 5.82 Å². The standard InChI is InChI=1S/C8H6BrN3S/c9-5-3-6(7(10)12-4-5)8-11-1-2-13-8/h1-4H,(H2,10,12). The molecule has 2 aromatic heterocycles. The predicted octanol–water partition coefficient (Wildman–Crippen LogP) is 2.55. The molecule has 0 atom stereocenters.